The Balaban J connectivity index is 2.46. The Kier molecular flexibility index (Phi) is 4.76. The van der Waals surface area contributed by atoms with Gasteiger partial charge in [0.25, 0.3) is 0 Å². The normalized spacial score (nSPS) is 12.7. The van der Waals surface area contributed by atoms with Crippen LogP contribution in [0.4, 0.5) is 0 Å². The van der Waals surface area contributed by atoms with E-state index in [2.05, 4.69) is 25.2 Å². The van der Waals surface area contributed by atoms with E-state index >= 15 is 0 Å². The number of aliphatic hydroxyl groups excluding tert-OH is 1. The highest BCUT2D eigenvalue weighted by Crippen LogP contribution is 2.14. The SMILES string of the molecule is CC(C)C(CO)NCc1cc(C#N)cs1. The van der Waals surface area contributed by atoms with Crippen LogP contribution >= 0.6 is 11.3 Å². The molecule has 1 aromatic rings. The monoisotopic (exact) mass is 224 g/mol. The molecular weight excluding hydrogens is 208 g/mol. The lowest BCUT2D eigenvalue weighted by molar-refractivity contribution is 0.210. The zero-order chi connectivity index (χ0) is 11.3. The highest BCUT2D eigenvalue weighted by atomic mass is 32.1. The summed E-state index contributed by atoms with van der Waals surface area (Å²) < 4.78 is 0. The van der Waals surface area contributed by atoms with Gasteiger partial charge < -0.3 is 10.4 Å². The van der Waals surface area contributed by atoms with Crippen LogP contribution in [0.2, 0.25) is 0 Å². The van der Waals surface area contributed by atoms with Crippen LogP contribution in [0.25, 0.3) is 0 Å². The molecule has 1 heterocycles. The first kappa shape index (κ1) is 12.2. The molecule has 0 aliphatic rings. The molecule has 0 saturated carbocycles. The quantitative estimate of drug-likeness (QED) is 0.800. The van der Waals surface area contributed by atoms with Gasteiger partial charge in [-0.2, -0.15) is 5.26 Å². The van der Waals surface area contributed by atoms with Gasteiger partial charge in [0.15, 0.2) is 0 Å². The van der Waals surface area contributed by atoms with Crippen LogP contribution < -0.4 is 5.32 Å². The predicted molar refractivity (Wildman–Crippen MR) is 61.6 cm³/mol. The van der Waals surface area contributed by atoms with Crippen LogP contribution in [0.1, 0.15) is 24.3 Å². The van der Waals surface area contributed by atoms with Crippen molar-refractivity contribution in [2.75, 3.05) is 6.61 Å². The van der Waals surface area contributed by atoms with Crippen molar-refractivity contribution < 1.29 is 5.11 Å². The Labute approximate surface area is 94.4 Å². The molecule has 0 bridgehead atoms. The number of nitrogens with zero attached hydrogens (tertiary/aromatic N) is 1. The summed E-state index contributed by atoms with van der Waals surface area (Å²) in [7, 11) is 0. The van der Waals surface area contributed by atoms with Gasteiger partial charge in [0.1, 0.15) is 6.07 Å². The number of thiophene rings is 1. The van der Waals surface area contributed by atoms with Crippen LogP contribution in [0.5, 0.6) is 0 Å². The van der Waals surface area contributed by atoms with Crippen LogP contribution in [0, 0.1) is 17.2 Å². The van der Waals surface area contributed by atoms with Gasteiger partial charge in [0.2, 0.25) is 0 Å². The van der Waals surface area contributed by atoms with Crippen LogP contribution in [-0.2, 0) is 6.54 Å². The maximum atomic E-state index is 9.11. The largest absolute Gasteiger partial charge is 0.395 e. The fraction of sp³-hybridized carbons (Fsp3) is 0.545. The second-order valence-corrected chi connectivity index (χ2v) is 4.82. The van der Waals surface area contributed by atoms with E-state index in [0.717, 1.165) is 11.4 Å². The zero-order valence-corrected chi connectivity index (χ0v) is 9.84. The van der Waals surface area contributed by atoms with Crippen molar-refractivity contribution in [2.24, 2.45) is 5.92 Å². The van der Waals surface area contributed by atoms with Crippen molar-refractivity contribution in [3.63, 3.8) is 0 Å². The molecule has 1 unspecified atom stereocenters. The van der Waals surface area contributed by atoms with Gasteiger partial charge in [-0.25, -0.2) is 0 Å². The lowest BCUT2D eigenvalue weighted by atomic mass is 10.1. The molecule has 0 aliphatic carbocycles. The molecule has 0 saturated heterocycles. The Morgan fingerprint density at radius 2 is 2.33 bits per heavy atom. The van der Waals surface area contributed by atoms with Crippen LogP contribution in [-0.4, -0.2) is 17.8 Å². The van der Waals surface area contributed by atoms with Crippen molar-refractivity contribution in [1.82, 2.24) is 5.32 Å². The van der Waals surface area contributed by atoms with E-state index in [-0.39, 0.29) is 12.6 Å². The van der Waals surface area contributed by atoms with E-state index in [4.69, 9.17) is 10.4 Å². The van der Waals surface area contributed by atoms with Crippen molar-refractivity contribution in [3.05, 3.63) is 21.9 Å². The molecule has 0 amide bonds. The fourth-order valence-electron chi connectivity index (χ4n) is 1.27. The second-order valence-electron chi connectivity index (χ2n) is 3.83. The van der Waals surface area contributed by atoms with E-state index in [0.29, 0.717) is 11.5 Å². The van der Waals surface area contributed by atoms with E-state index in [9.17, 15) is 0 Å². The zero-order valence-electron chi connectivity index (χ0n) is 9.03. The number of hydrogen-bond acceptors (Lipinski definition) is 4. The van der Waals surface area contributed by atoms with E-state index in [1.165, 1.54) is 0 Å². The average Bonchev–Trinajstić information content (AvgIpc) is 2.66. The number of nitriles is 1. The highest BCUT2D eigenvalue weighted by Gasteiger charge is 2.11. The standard InChI is InChI=1S/C11H16N2OS/c1-8(2)11(6-14)13-5-10-3-9(4-12)7-15-10/h3,7-8,11,13-14H,5-6H2,1-2H3. The topological polar surface area (TPSA) is 56.0 Å². The van der Waals surface area contributed by atoms with Gasteiger partial charge in [-0.15, -0.1) is 11.3 Å². The molecule has 0 spiro atoms. The van der Waals surface area contributed by atoms with Crippen molar-refractivity contribution in [3.8, 4) is 6.07 Å². The first-order chi connectivity index (χ1) is 7.17. The number of hydrogen-bond donors (Lipinski definition) is 2. The van der Waals surface area contributed by atoms with Gasteiger partial charge in [0, 0.05) is 22.8 Å². The Morgan fingerprint density at radius 3 is 2.80 bits per heavy atom. The third-order valence-electron chi connectivity index (χ3n) is 2.32. The van der Waals surface area contributed by atoms with Gasteiger partial charge in [-0.1, -0.05) is 13.8 Å². The number of rotatable bonds is 5. The number of nitrogens with one attached hydrogen (secondary N) is 1. The van der Waals surface area contributed by atoms with Gasteiger partial charge in [-0.3, -0.25) is 0 Å². The highest BCUT2D eigenvalue weighted by molar-refractivity contribution is 7.10. The van der Waals surface area contributed by atoms with Gasteiger partial charge in [-0.05, 0) is 12.0 Å². The molecule has 1 rings (SSSR count). The summed E-state index contributed by atoms with van der Waals surface area (Å²) in [5.74, 6) is 0.408. The molecule has 82 valence electrons. The second kappa shape index (κ2) is 5.86. The minimum atomic E-state index is 0.123. The van der Waals surface area contributed by atoms with E-state index in [1.807, 2.05) is 11.4 Å². The molecule has 2 N–H and O–H groups in total. The summed E-state index contributed by atoms with van der Waals surface area (Å²) >= 11 is 1.57. The third-order valence-corrected chi connectivity index (χ3v) is 3.26. The van der Waals surface area contributed by atoms with Crippen molar-refractivity contribution in [2.45, 2.75) is 26.4 Å². The fourth-order valence-corrected chi connectivity index (χ4v) is 2.04. The lowest BCUT2D eigenvalue weighted by Gasteiger charge is -2.19. The Bertz CT molecular complexity index is 341. The average molecular weight is 224 g/mol. The summed E-state index contributed by atoms with van der Waals surface area (Å²) in [6.07, 6.45) is 0. The summed E-state index contributed by atoms with van der Waals surface area (Å²) in [6.45, 7) is 5.01. The molecule has 0 radical (unpaired) electrons. The molecule has 0 fully saturated rings. The molecule has 15 heavy (non-hydrogen) atoms. The molecule has 4 heteroatoms. The molecule has 1 atom stereocenters. The summed E-state index contributed by atoms with van der Waals surface area (Å²) in [5.41, 5.74) is 0.710. The van der Waals surface area contributed by atoms with E-state index < -0.39 is 0 Å². The summed E-state index contributed by atoms with van der Waals surface area (Å²) in [5, 5.41) is 22.9. The smallest absolute Gasteiger partial charge is 0.100 e. The minimum absolute atomic E-state index is 0.123. The molecular formula is C11H16N2OS. The maximum absolute atomic E-state index is 9.11. The first-order valence-corrected chi connectivity index (χ1v) is 5.87. The molecule has 0 aromatic carbocycles. The maximum Gasteiger partial charge on any atom is 0.100 e. The van der Waals surface area contributed by atoms with Crippen molar-refractivity contribution in [1.29, 1.82) is 5.26 Å². The van der Waals surface area contributed by atoms with Crippen LogP contribution in [0.3, 0.4) is 0 Å². The third kappa shape index (κ3) is 3.63. The molecule has 3 nitrogen and oxygen atoms in total. The van der Waals surface area contributed by atoms with Gasteiger partial charge in [0.05, 0.1) is 12.2 Å². The number of aliphatic hydroxyl groups is 1. The molecule has 0 aliphatic heterocycles. The molecule has 1 aromatic heterocycles. The van der Waals surface area contributed by atoms with Crippen molar-refractivity contribution >= 4 is 11.3 Å². The first-order valence-electron chi connectivity index (χ1n) is 4.99. The lowest BCUT2D eigenvalue weighted by Crippen LogP contribution is -2.36. The minimum Gasteiger partial charge on any atom is -0.395 e. The Hall–Kier alpha value is -0.890. The van der Waals surface area contributed by atoms with Gasteiger partial charge >= 0.3 is 0 Å². The van der Waals surface area contributed by atoms with Crippen LogP contribution in [0.15, 0.2) is 11.4 Å². The summed E-state index contributed by atoms with van der Waals surface area (Å²) in [4.78, 5) is 1.13. The van der Waals surface area contributed by atoms with E-state index in [1.54, 1.807) is 11.3 Å². The predicted octanol–water partition coefficient (Wildman–Crippen LogP) is 1.73. The Morgan fingerprint density at radius 1 is 1.60 bits per heavy atom. The summed E-state index contributed by atoms with van der Waals surface area (Å²) in [6, 6.07) is 4.11.